The van der Waals surface area contributed by atoms with Gasteiger partial charge in [-0.3, -0.25) is 0 Å². The Hall–Kier alpha value is -1.37. The number of hydrogen-bond donors (Lipinski definition) is 2. The number of rotatable bonds is 7. The fraction of sp³-hybridized carbons (Fsp3) is 0.429. The summed E-state index contributed by atoms with van der Waals surface area (Å²) in [7, 11) is 1.59. The molecule has 21 heavy (non-hydrogen) atoms. The minimum absolute atomic E-state index is 0.233. The maximum atomic E-state index is 12.3. The molecule has 0 aliphatic carbocycles. The Morgan fingerprint density at radius 3 is 2.76 bits per heavy atom. The first-order valence-electron chi connectivity index (χ1n) is 6.53. The fourth-order valence-electron chi connectivity index (χ4n) is 1.63. The Labute approximate surface area is 135 Å². The lowest BCUT2D eigenvalue weighted by Crippen LogP contribution is -2.39. The van der Waals surface area contributed by atoms with Crippen molar-refractivity contribution in [3.63, 3.8) is 0 Å². The smallest absolute Gasteiger partial charge is 0.321 e. The second kappa shape index (κ2) is 8.81. The summed E-state index contributed by atoms with van der Waals surface area (Å²) >= 11 is 10.9. The van der Waals surface area contributed by atoms with Crippen LogP contribution in [0, 0.1) is 6.92 Å². The Balaban J connectivity index is 2.69. The quantitative estimate of drug-likeness (QED) is 0.755. The Morgan fingerprint density at radius 2 is 2.19 bits per heavy atom. The average Bonchev–Trinajstić information content (AvgIpc) is 2.42. The van der Waals surface area contributed by atoms with Gasteiger partial charge in [-0.15, -0.1) is 0 Å². The molecule has 0 aromatic heterocycles. The zero-order chi connectivity index (χ0) is 15.8. The van der Waals surface area contributed by atoms with Gasteiger partial charge >= 0.3 is 6.03 Å². The van der Waals surface area contributed by atoms with Gasteiger partial charge < -0.3 is 20.7 Å². The number of amides is 2. The van der Waals surface area contributed by atoms with Crippen LogP contribution in [-0.2, 0) is 4.74 Å². The number of halogens is 1. The molecule has 0 saturated heterocycles. The molecule has 0 heterocycles. The van der Waals surface area contributed by atoms with E-state index in [1.165, 1.54) is 0 Å². The average molecular weight is 330 g/mol. The highest BCUT2D eigenvalue weighted by Gasteiger charge is 2.14. The third kappa shape index (κ3) is 6.29. The van der Waals surface area contributed by atoms with Gasteiger partial charge in [0.05, 0.1) is 11.6 Å². The van der Waals surface area contributed by atoms with Crippen LogP contribution in [0.15, 0.2) is 18.2 Å². The number of urea groups is 1. The summed E-state index contributed by atoms with van der Waals surface area (Å²) in [6.07, 6.45) is 0.473. The third-order valence-corrected chi connectivity index (χ3v) is 3.52. The van der Waals surface area contributed by atoms with E-state index in [0.717, 1.165) is 5.56 Å². The van der Waals surface area contributed by atoms with E-state index in [-0.39, 0.29) is 6.03 Å². The highest BCUT2D eigenvalue weighted by molar-refractivity contribution is 7.80. The molecule has 3 N–H and O–H groups in total. The number of ether oxygens (including phenoxy) is 1. The summed E-state index contributed by atoms with van der Waals surface area (Å²) in [5.74, 6) is 0. The van der Waals surface area contributed by atoms with Gasteiger partial charge in [-0.2, -0.15) is 0 Å². The van der Waals surface area contributed by atoms with Gasteiger partial charge in [-0.05, 0) is 24.6 Å². The molecule has 0 atom stereocenters. The number of nitrogens with zero attached hydrogens (tertiary/aromatic N) is 1. The van der Waals surface area contributed by atoms with Crippen LogP contribution < -0.4 is 11.1 Å². The molecule has 7 heteroatoms. The lowest BCUT2D eigenvalue weighted by molar-refractivity contribution is 0.156. The van der Waals surface area contributed by atoms with Crippen molar-refractivity contribution < 1.29 is 9.53 Å². The first-order valence-corrected chi connectivity index (χ1v) is 7.32. The van der Waals surface area contributed by atoms with E-state index in [1.54, 1.807) is 24.1 Å². The van der Waals surface area contributed by atoms with Gasteiger partial charge in [0.2, 0.25) is 0 Å². The van der Waals surface area contributed by atoms with Crippen LogP contribution >= 0.6 is 23.8 Å². The van der Waals surface area contributed by atoms with Crippen LogP contribution in [-0.4, -0.2) is 42.7 Å². The zero-order valence-electron chi connectivity index (χ0n) is 12.2. The molecule has 0 radical (unpaired) electrons. The van der Waals surface area contributed by atoms with Crippen molar-refractivity contribution in [1.29, 1.82) is 0 Å². The minimum Gasteiger partial charge on any atom is -0.393 e. The van der Waals surface area contributed by atoms with E-state index < -0.39 is 0 Å². The molecule has 2 amide bonds. The lowest BCUT2D eigenvalue weighted by Gasteiger charge is -2.22. The summed E-state index contributed by atoms with van der Waals surface area (Å²) in [6.45, 7) is 3.26. The topological polar surface area (TPSA) is 67.6 Å². The second-order valence-corrected chi connectivity index (χ2v) is 5.52. The number of hydrogen-bond acceptors (Lipinski definition) is 3. The van der Waals surface area contributed by atoms with E-state index in [1.807, 2.05) is 13.0 Å². The number of benzene rings is 1. The molecule has 0 aliphatic rings. The fourth-order valence-corrected chi connectivity index (χ4v) is 1.91. The number of nitrogens with one attached hydrogen (secondary N) is 1. The molecule has 0 saturated carbocycles. The van der Waals surface area contributed by atoms with Crippen molar-refractivity contribution in [3.05, 3.63) is 28.8 Å². The normalized spacial score (nSPS) is 10.2. The summed E-state index contributed by atoms with van der Waals surface area (Å²) in [5.41, 5.74) is 7.09. The van der Waals surface area contributed by atoms with E-state index in [2.05, 4.69) is 5.32 Å². The summed E-state index contributed by atoms with van der Waals surface area (Å²) < 4.78 is 5.01. The summed E-state index contributed by atoms with van der Waals surface area (Å²) in [5, 5.41) is 3.42. The van der Waals surface area contributed by atoms with Crippen molar-refractivity contribution in [3.8, 4) is 0 Å². The van der Waals surface area contributed by atoms with Crippen LogP contribution in [0.4, 0.5) is 10.5 Å². The number of nitrogens with two attached hydrogens (primary N) is 1. The van der Waals surface area contributed by atoms with Gasteiger partial charge in [-0.25, -0.2) is 4.79 Å². The maximum Gasteiger partial charge on any atom is 0.321 e. The minimum atomic E-state index is -0.233. The van der Waals surface area contributed by atoms with E-state index >= 15 is 0 Å². The van der Waals surface area contributed by atoms with E-state index in [0.29, 0.717) is 41.8 Å². The van der Waals surface area contributed by atoms with Crippen molar-refractivity contribution in [1.82, 2.24) is 4.90 Å². The molecule has 5 nitrogen and oxygen atoms in total. The Bertz CT molecular complexity index is 511. The highest BCUT2D eigenvalue weighted by Crippen LogP contribution is 2.20. The predicted molar refractivity (Wildman–Crippen MR) is 90.1 cm³/mol. The molecule has 0 spiro atoms. The summed E-state index contributed by atoms with van der Waals surface area (Å²) in [4.78, 5) is 14.2. The van der Waals surface area contributed by atoms with Gasteiger partial charge in [0, 0.05) is 37.3 Å². The molecule has 1 aromatic carbocycles. The SMILES string of the molecule is COCCN(CCC(N)=S)C(=O)Nc1ccc(C)c(Cl)c1. The predicted octanol–water partition coefficient (Wildman–Crippen LogP) is 2.80. The number of carbonyl (C=O) groups excluding carboxylic acids is 1. The van der Waals surface area contributed by atoms with Crippen LogP contribution in [0.5, 0.6) is 0 Å². The number of anilines is 1. The molecular weight excluding hydrogens is 310 g/mol. The second-order valence-electron chi connectivity index (χ2n) is 4.59. The molecule has 1 aromatic rings. The molecule has 116 valence electrons. The molecule has 0 aliphatic heterocycles. The molecule has 0 bridgehead atoms. The van der Waals surface area contributed by atoms with Crippen LogP contribution in [0.3, 0.4) is 0 Å². The third-order valence-electron chi connectivity index (χ3n) is 2.90. The molecule has 0 fully saturated rings. The van der Waals surface area contributed by atoms with Gasteiger partial charge in [-0.1, -0.05) is 29.9 Å². The van der Waals surface area contributed by atoms with Gasteiger partial charge in [0.15, 0.2) is 0 Å². The zero-order valence-corrected chi connectivity index (χ0v) is 13.8. The standard InChI is InChI=1S/C14H20ClN3O2S/c1-10-3-4-11(9-12(10)15)17-14(19)18(7-8-20-2)6-5-13(16)21/h3-4,9H,5-8H2,1-2H3,(H2,16,21)(H,17,19). The maximum absolute atomic E-state index is 12.3. The van der Waals surface area contributed by atoms with Gasteiger partial charge in [0.25, 0.3) is 0 Å². The van der Waals surface area contributed by atoms with Crippen molar-refractivity contribution in [2.24, 2.45) is 5.73 Å². The van der Waals surface area contributed by atoms with E-state index in [4.69, 9.17) is 34.3 Å². The largest absolute Gasteiger partial charge is 0.393 e. The first-order chi connectivity index (χ1) is 9.93. The van der Waals surface area contributed by atoms with Crippen molar-refractivity contribution in [2.45, 2.75) is 13.3 Å². The monoisotopic (exact) mass is 329 g/mol. The molecule has 0 unspecified atom stereocenters. The number of aryl methyl sites for hydroxylation is 1. The Morgan fingerprint density at radius 1 is 1.48 bits per heavy atom. The highest BCUT2D eigenvalue weighted by atomic mass is 35.5. The number of carbonyl (C=O) groups is 1. The van der Waals surface area contributed by atoms with Crippen LogP contribution in [0.1, 0.15) is 12.0 Å². The van der Waals surface area contributed by atoms with Crippen molar-refractivity contribution >= 4 is 40.5 Å². The van der Waals surface area contributed by atoms with Crippen LogP contribution in [0.2, 0.25) is 5.02 Å². The summed E-state index contributed by atoms with van der Waals surface area (Å²) in [6, 6.07) is 5.15. The molecular formula is C14H20ClN3O2S. The first kappa shape index (κ1) is 17.7. The number of thiocarbonyl (C=S) groups is 1. The molecule has 1 rings (SSSR count). The van der Waals surface area contributed by atoms with Crippen LogP contribution in [0.25, 0.3) is 0 Å². The van der Waals surface area contributed by atoms with Crippen molar-refractivity contribution in [2.75, 3.05) is 32.1 Å². The van der Waals surface area contributed by atoms with E-state index in [9.17, 15) is 4.79 Å². The number of methoxy groups -OCH3 is 1. The lowest BCUT2D eigenvalue weighted by atomic mass is 10.2. The Kier molecular flexibility index (Phi) is 7.42. The van der Waals surface area contributed by atoms with Gasteiger partial charge in [0.1, 0.15) is 0 Å².